The van der Waals surface area contributed by atoms with Crippen molar-refractivity contribution in [1.29, 1.82) is 0 Å². The van der Waals surface area contributed by atoms with E-state index >= 15 is 0 Å². The van der Waals surface area contributed by atoms with E-state index in [0.29, 0.717) is 36.7 Å². The van der Waals surface area contributed by atoms with Crippen LogP contribution in [0.1, 0.15) is 40.4 Å². The van der Waals surface area contributed by atoms with Crippen molar-refractivity contribution in [2.45, 2.75) is 25.3 Å². The summed E-state index contributed by atoms with van der Waals surface area (Å²) in [6.45, 7) is 1.92. The van der Waals surface area contributed by atoms with E-state index in [9.17, 15) is 4.79 Å². The van der Waals surface area contributed by atoms with Crippen molar-refractivity contribution in [3.63, 3.8) is 0 Å². The molecular formula is C30H27BrN6O2. The highest BCUT2D eigenvalue weighted by molar-refractivity contribution is 9.10. The number of anilines is 1. The number of aromatic nitrogens is 4. The number of nitrogens with zero attached hydrogens (tertiary/aromatic N) is 5. The number of carbonyl (C=O) groups excluding carboxylic acids is 1. The molecule has 1 aliphatic rings. The zero-order valence-corrected chi connectivity index (χ0v) is 22.8. The molecule has 0 aliphatic carbocycles. The van der Waals surface area contributed by atoms with Crippen LogP contribution in [-0.2, 0) is 6.54 Å². The number of rotatable bonds is 7. The van der Waals surface area contributed by atoms with Crippen LogP contribution in [0.2, 0.25) is 0 Å². The van der Waals surface area contributed by atoms with Crippen LogP contribution in [0.15, 0.2) is 95.9 Å². The fraction of sp³-hybridized carbons (Fsp3) is 0.200. The maximum absolute atomic E-state index is 13.5. The first-order valence-electron chi connectivity index (χ1n) is 12.9. The summed E-state index contributed by atoms with van der Waals surface area (Å²) in [5.41, 5.74) is 3.42. The van der Waals surface area contributed by atoms with Crippen molar-refractivity contribution >= 4 is 33.3 Å². The lowest BCUT2D eigenvalue weighted by Gasteiger charge is -2.32. The van der Waals surface area contributed by atoms with Crippen LogP contribution in [0, 0.1) is 0 Å². The summed E-state index contributed by atoms with van der Waals surface area (Å²) >= 11 is 3.59. The topological polar surface area (TPSA) is 84.7 Å². The number of piperidine rings is 1. The standard InChI is InChI=1S/C30H27BrN6O2/c31-25-20-34-37-28(33-19-21-7-6-14-32-18-21)17-26(35-29(25)37)22-12-15-36(16-13-22)30(38)24-10-4-5-11-27(24)39-23-8-2-1-3-9-23/h1-11,14,17-18,20,22,33H,12-13,15-16,19H2. The third-order valence-electron chi connectivity index (χ3n) is 6.93. The highest BCUT2D eigenvalue weighted by Crippen LogP contribution is 2.32. The highest BCUT2D eigenvalue weighted by Gasteiger charge is 2.28. The van der Waals surface area contributed by atoms with Crippen LogP contribution in [0.5, 0.6) is 11.5 Å². The van der Waals surface area contributed by atoms with Gasteiger partial charge in [-0.3, -0.25) is 9.78 Å². The van der Waals surface area contributed by atoms with E-state index in [4.69, 9.17) is 9.72 Å². The number of nitrogens with one attached hydrogen (secondary N) is 1. The molecule has 1 saturated heterocycles. The zero-order valence-electron chi connectivity index (χ0n) is 21.2. The van der Waals surface area contributed by atoms with Gasteiger partial charge in [-0.15, -0.1) is 0 Å². The lowest BCUT2D eigenvalue weighted by atomic mass is 9.92. The molecule has 1 aliphatic heterocycles. The molecule has 0 saturated carbocycles. The molecule has 3 aromatic heterocycles. The number of hydrogen-bond acceptors (Lipinski definition) is 6. The van der Waals surface area contributed by atoms with Gasteiger partial charge in [0.05, 0.1) is 16.2 Å². The molecule has 0 atom stereocenters. The monoisotopic (exact) mass is 582 g/mol. The summed E-state index contributed by atoms with van der Waals surface area (Å²) in [6, 6.07) is 23.0. The van der Waals surface area contributed by atoms with Gasteiger partial charge in [-0.25, -0.2) is 4.98 Å². The number of pyridine rings is 1. The van der Waals surface area contributed by atoms with Crippen LogP contribution in [-0.4, -0.2) is 43.5 Å². The second-order valence-electron chi connectivity index (χ2n) is 9.49. The fourth-order valence-electron chi connectivity index (χ4n) is 4.88. The molecule has 0 bridgehead atoms. The molecular weight excluding hydrogens is 556 g/mol. The predicted molar refractivity (Wildman–Crippen MR) is 153 cm³/mol. The Morgan fingerprint density at radius 3 is 2.59 bits per heavy atom. The smallest absolute Gasteiger partial charge is 0.257 e. The maximum Gasteiger partial charge on any atom is 0.257 e. The number of fused-ring (bicyclic) bond motifs is 1. The summed E-state index contributed by atoms with van der Waals surface area (Å²) in [5, 5.41) is 7.98. The molecule has 6 rings (SSSR count). The Morgan fingerprint density at radius 1 is 1.00 bits per heavy atom. The summed E-state index contributed by atoms with van der Waals surface area (Å²) in [5.74, 6) is 2.36. The molecule has 8 nitrogen and oxygen atoms in total. The Balaban J connectivity index is 1.17. The number of halogens is 1. The van der Waals surface area contributed by atoms with Crippen molar-refractivity contribution in [3.05, 3.63) is 113 Å². The van der Waals surface area contributed by atoms with Gasteiger partial charge in [0, 0.05) is 49.7 Å². The second kappa shape index (κ2) is 11.2. The molecule has 1 fully saturated rings. The van der Waals surface area contributed by atoms with E-state index in [1.165, 1.54) is 0 Å². The zero-order chi connectivity index (χ0) is 26.6. The van der Waals surface area contributed by atoms with Gasteiger partial charge in [-0.05, 0) is 64.7 Å². The minimum absolute atomic E-state index is 0.0132. The van der Waals surface area contributed by atoms with Crippen molar-refractivity contribution in [3.8, 4) is 11.5 Å². The van der Waals surface area contributed by atoms with Gasteiger partial charge in [-0.2, -0.15) is 9.61 Å². The molecule has 4 heterocycles. The maximum atomic E-state index is 13.5. The molecule has 9 heteroatoms. The third-order valence-corrected chi connectivity index (χ3v) is 7.49. The highest BCUT2D eigenvalue weighted by atomic mass is 79.9. The van der Waals surface area contributed by atoms with Gasteiger partial charge in [0.25, 0.3) is 5.91 Å². The number of amides is 1. The number of likely N-dealkylation sites (tertiary alicyclic amines) is 1. The molecule has 0 unspecified atom stereocenters. The summed E-state index contributed by atoms with van der Waals surface area (Å²) in [6.07, 6.45) is 7.02. The molecule has 1 amide bonds. The average molecular weight is 583 g/mol. The van der Waals surface area contributed by atoms with Crippen molar-refractivity contribution in [1.82, 2.24) is 24.5 Å². The van der Waals surface area contributed by atoms with E-state index in [0.717, 1.165) is 40.0 Å². The Kier molecular flexibility index (Phi) is 7.23. The van der Waals surface area contributed by atoms with E-state index in [1.54, 1.807) is 12.4 Å². The molecule has 5 aromatic rings. The molecule has 1 N–H and O–H groups in total. The minimum Gasteiger partial charge on any atom is -0.457 e. The van der Waals surface area contributed by atoms with Gasteiger partial charge < -0.3 is 15.0 Å². The van der Waals surface area contributed by atoms with Gasteiger partial charge in [0.2, 0.25) is 0 Å². The van der Waals surface area contributed by atoms with Crippen LogP contribution >= 0.6 is 15.9 Å². The Hall–Kier alpha value is -4.24. The first-order valence-corrected chi connectivity index (χ1v) is 13.7. The second-order valence-corrected chi connectivity index (χ2v) is 10.3. The quantitative estimate of drug-likeness (QED) is 0.242. The van der Waals surface area contributed by atoms with Crippen molar-refractivity contribution < 1.29 is 9.53 Å². The first-order chi connectivity index (χ1) is 19.2. The van der Waals surface area contributed by atoms with Crippen LogP contribution < -0.4 is 10.1 Å². The largest absolute Gasteiger partial charge is 0.457 e. The average Bonchev–Trinajstić information content (AvgIpc) is 3.37. The normalized spacial score (nSPS) is 13.9. The third kappa shape index (κ3) is 5.49. The number of para-hydroxylation sites is 2. The Morgan fingerprint density at radius 2 is 1.79 bits per heavy atom. The van der Waals surface area contributed by atoms with Crippen LogP contribution in [0.4, 0.5) is 5.82 Å². The van der Waals surface area contributed by atoms with Gasteiger partial charge >= 0.3 is 0 Å². The lowest BCUT2D eigenvalue weighted by Crippen LogP contribution is -2.38. The fourth-order valence-corrected chi connectivity index (χ4v) is 5.23. The van der Waals surface area contributed by atoms with Gasteiger partial charge in [0.15, 0.2) is 5.65 Å². The van der Waals surface area contributed by atoms with Crippen molar-refractivity contribution in [2.24, 2.45) is 0 Å². The number of benzene rings is 2. The number of ether oxygens (including phenoxy) is 1. The van der Waals surface area contributed by atoms with Crippen molar-refractivity contribution in [2.75, 3.05) is 18.4 Å². The minimum atomic E-state index is -0.0132. The van der Waals surface area contributed by atoms with Crippen LogP contribution in [0.3, 0.4) is 0 Å². The van der Waals surface area contributed by atoms with Gasteiger partial charge in [-0.1, -0.05) is 36.4 Å². The van der Waals surface area contributed by atoms with E-state index in [-0.39, 0.29) is 11.8 Å². The van der Waals surface area contributed by atoms with Gasteiger partial charge in [0.1, 0.15) is 17.3 Å². The summed E-state index contributed by atoms with van der Waals surface area (Å²) < 4.78 is 8.70. The predicted octanol–water partition coefficient (Wildman–Crippen LogP) is 6.31. The molecule has 0 radical (unpaired) electrons. The Labute approximate surface area is 234 Å². The summed E-state index contributed by atoms with van der Waals surface area (Å²) in [7, 11) is 0. The Bertz CT molecular complexity index is 1580. The van der Waals surface area contributed by atoms with Crippen LogP contribution in [0.25, 0.3) is 5.65 Å². The molecule has 2 aromatic carbocycles. The lowest BCUT2D eigenvalue weighted by molar-refractivity contribution is 0.0709. The SMILES string of the molecule is O=C(c1ccccc1Oc1ccccc1)N1CCC(c2cc(NCc3cccnc3)n3ncc(Br)c3n2)CC1. The molecule has 0 spiro atoms. The number of hydrogen-bond donors (Lipinski definition) is 1. The van der Waals surface area contributed by atoms with E-state index in [2.05, 4.69) is 37.4 Å². The van der Waals surface area contributed by atoms with E-state index in [1.807, 2.05) is 82.3 Å². The molecule has 39 heavy (non-hydrogen) atoms. The first kappa shape index (κ1) is 25.1. The summed E-state index contributed by atoms with van der Waals surface area (Å²) in [4.78, 5) is 24.6. The van der Waals surface area contributed by atoms with E-state index < -0.39 is 0 Å². The molecule has 196 valence electrons. The number of carbonyl (C=O) groups is 1.